The van der Waals surface area contributed by atoms with Gasteiger partial charge in [-0.2, -0.15) is 0 Å². The standard InChI is InChI=1S/2C12H13ClN2OS.Pd/c2*13-10-6-2-1-5-9(10)11(16)14-12(17)15-7-3-4-8-15;/h2*1-2,5-6H,3-4,7-8H2,(H,14,16,17);/q;;+2/p-2. The number of carbonyl (C=O) groups excluding carboxylic acids is 2. The summed E-state index contributed by atoms with van der Waals surface area (Å²) in [6.07, 6.45) is 4.43. The minimum atomic E-state index is -0.368. The first kappa shape index (κ1) is 29.6. The number of amides is 2. The molecule has 6 nitrogen and oxygen atoms in total. The molecule has 2 saturated heterocycles. The number of benzene rings is 2. The van der Waals surface area contributed by atoms with Crippen molar-refractivity contribution in [3.63, 3.8) is 0 Å². The summed E-state index contributed by atoms with van der Waals surface area (Å²) in [6.45, 7) is 3.55. The molecule has 0 aliphatic carbocycles. The van der Waals surface area contributed by atoms with E-state index >= 15 is 0 Å². The number of amidine groups is 2. The van der Waals surface area contributed by atoms with Crippen molar-refractivity contribution in [1.29, 1.82) is 0 Å². The third-order valence-electron chi connectivity index (χ3n) is 5.36. The van der Waals surface area contributed by atoms with Crippen LogP contribution >= 0.6 is 23.2 Å². The number of rotatable bonds is 2. The zero-order valence-corrected chi connectivity index (χ0v) is 23.5. The summed E-state index contributed by atoms with van der Waals surface area (Å²) in [7, 11) is 0. The van der Waals surface area contributed by atoms with Crippen molar-refractivity contribution in [3.05, 3.63) is 69.7 Å². The van der Waals surface area contributed by atoms with Crippen LogP contribution in [-0.2, 0) is 45.7 Å². The number of hydrogen-bond acceptors (Lipinski definition) is 4. The quantitative estimate of drug-likeness (QED) is 0.200. The van der Waals surface area contributed by atoms with Crippen molar-refractivity contribution in [1.82, 2.24) is 9.80 Å². The Bertz CT molecular complexity index is 1000. The van der Waals surface area contributed by atoms with Crippen LogP contribution in [0, 0.1) is 0 Å². The van der Waals surface area contributed by atoms with Crippen LogP contribution in [0.4, 0.5) is 0 Å². The second-order valence-corrected chi connectivity index (χ2v) is 9.29. The molecule has 2 amide bonds. The van der Waals surface area contributed by atoms with Crippen LogP contribution < -0.4 is 0 Å². The van der Waals surface area contributed by atoms with Gasteiger partial charge in [-0.05, 0) is 60.3 Å². The Morgan fingerprint density at radius 2 is 0.971 bits per heavy atom. The molecular weight excluding hydrogens is 618 g/mol. The second kappa shape index (κ2) is 14.8. The van der Waals surface area contributed by atoms with Crippen LogP contribution in [0.25, 0.3) is 0 Å². The van der Waals surface area contributed by atoms with Gasteiger partial charge >= 0.3 is 20.4 Å². The Morgan fingerprint density at radius 1 is 0.657 bits per heavy atom. The van der Waals surface area contributed by atoms with Gasteiger partial charge < -0.3 is 35.1 Å². The molecule has 11 heteroatoms. The minimum Gasteiger partial charge on any atom is -0.742 e. The number of halogens is 2. The van der Waals surface area contributed by atoms with Gasteiger partial charge in [0.1, 0.15) is 0 Å². The maximum Gasteiger partial charge on any atom is 2.00 e. The third kappa shape index (κ3) is 8.78. The SMILES string of the molecule is O=C(N=C([S-])N1CCCC1)c1ccccc1Cl.O=C(N=C([S-])N1CCCC1)c1ccccc1Cl.[Pd+2]. The Labute approximate surface area is 240 Å². The molecule has 2 fully saturated rings. The molecule has 0 spiro atoms. The van der Waals surface area contributed by atoms with Crippen molar-refractivity contribution in [2.24, 2.45) is 9.98 Å². The fraction of sp³-hybridized carbons (Fsp3) is 0.333. The average molecular weight is 642 g/mol. The van der Waals surface area contributed by atoms with E-state index in [9.17, 15) is 9.59 Å². The first-order chi connectivity index (χ1) is 16.4. The van der Waals surface area contributed by atoms with Crippen LogP contribution in [0.2, 0.25) is 10.0 Å². The maximum absolute atomic E-state index is 11.9. The first-order valence-corrected chi connectivity index (χ1v) is 12.5. The molecule has 188 valence electrons. The van der Waals surface area contributed by atoms with E-state index in [1.54, 1.807) is 48.5 Å². The van der Waals surface area contributed by atoms with E-state index in [4.69, 9.17) is 48.5 Å². The molecule has 2 aromatic rings. The second-order valence-electron chi connectivity index (χ2n) is 7.75. The Hall–Kier alpha value is -1.60. The zero-order chi connectivity index (χ0) is 24.5. The summed E-state index contributed by atoms with van der Waals surface area (Å²) in [6, 6.07) is 13.7. The molecule has 0 bridgehead atoms. The van der Waals surface area contributed by atoms with Crippen molar-refractivity contribution in [3.8, 4) is 0 Å². The van der Waals surface area contributed by atoms with Gasteiger partial charge in [0.15, 0.2) is 0 Å². The smallest absolute Gasteiger partial charge is 0.742 e. The van der Waals surface area contributed by atoms with Gasteiger partial charge in [0.05, 0.1) is 21.2 Å². The molecule has 0 atom stereocenters. The van der Waals surface area contributed by atoms with Gasteiger partial charge in [-0.1, -0.05) is 47.5 Å². The van der Waals surface area contributed by atoms with E-state index in [0.717, 1.165) is 51.9 Å². The monoisotopic (exact) mass is 640 g/mol. The molecule has 4 rings (SSSR count). The molecule has 0 saturated carbocycles. The van der Waals surface area contributed by atoms with E-state index in [2.05, 4.69) is 9.98 Å². The molecule has 35 heavy (non-hydrogen) atoms. The predicted molar refractivity (Wildman–Crippen MR) is 143 cm³/mol. The first-order valence-electron chi connectivity index (χ1n) is 11.0. The molecule has 2 aromatic carbocycles. The van der Waals surface area contributed by atoms with E-state index in [-0.39, 0.29) is 32.2 Å². The number of nitrogens with zero attached hydrogens (tertiary/aromatic N) is 4. The van der Waals surface area contributed by atoms with Gasteiger partial charge in [-0.15, -0.1) is 0 Å². The molecule has 0 radical (unpaired) electrons. The Morgan fingerprint density at radius 3 is 1.29 bits per heavy atom. The Kier molecular flexibility index (Phi) is 12.6. The third-order valence-corrected chi connectivity index (χ3v) is 6.71. The summed E-state index contributed by atoms with van der Waals surface area (Å²) >= 11 is 22.1. The molecule has 2 heterocycles. The molecule has 0 aromatic heterocycles. The van der Waals surface area contributed by atoms with Crippen molar-refractivity contribution >= 4 is 70.6 Å². The van der Waals surface area contributed by atoms with Gasteiger partial charge in [-0.3, -0.25) is 9.59 Å². The number of hydrogen-bond donors (Lipinski definition) is 0. The van der Waals surface area contributed by atoms with Crippen LogP contribution in [0.5, 0.6) is 0 Å². The van der Waals surface area contributed by atoms with Crippen LogP contribution in [0.15, 0.2) is 58.5 Å². The number of likely N-dealkylation sites (tertiary alicyclic amines) is 2. The molecule has 0 N–H and O–H groups in total. The summed E-state index contributed by atoms with van der Waals surface area (Å²) in [5.74, 6) is -0.736. The minimum absolute atomic E-state index is 0. The number of aliphatic imine (C=N–C) groups is 2. The van der Waals surface area contributed by atoms with Gasteiger partial charge in [0.25, 0.3) is 11.8 Å². The number of carbonyl (C=O) groups is 2. The predicted octanol–water partition coefficient (Wildman–Crippen LogP) is 4.96. The summed E-state index contributed by atoms with van der Waals surface area (Å²) in [4.78, 5) is 35.5. The van der Waals surface area contributed by atoms with Crippen molar-refractivity contribution < 1.29 is 30.0 Å². The fourth-order valence-corrected chi connectivity index (χ4v) is 4.49. The van der Waals surface area contributed by atoms with E-state index in [1.165, 1.54) is 0 Å². The Balaban J connectivity index is 0.000000240. The molecular formula is C24H24Cl2N4O2PdS2. The maximum atomic E-state index is 11.9. The fourth-order valence-electron chi connectivity index (χ4n) is 3.52. The zero-order valence-electron chi connectivity index (χ0n) is 18.8. The van der Waals surface area contributed by atoms with Crippen LogP contribution in [0.1, 0.15) is 46.4 Å². The summed E-state index contributed by atoms with van der Waals surface area (Å²) in [5.41, 5.74) is 0.798. The van der Waals surface area contributed by atoms with Gasteiger partial charge in [0.2, 0.25) is 0 Å². The molecule has 2 aliphatic heterocycles. The van der Waals surface area contributed by atoms with Crippen molar-refractivity contribution in [2.75, 3.05) is 26.2 Å². The van der Waals surface area contributed by atoms with Crippen LogP contribution in [0.3, 0.4) is 0 Å². The van der Waals surface area contributed by atoms with Gasteiger partial charge in [0, 0.05) is 26.2 Å². The van der Waals surface area contributed by atoms with Crippen LogP contribution in [-0.4, -0.2) is 58.1 Å². The average Bonchev–Trinajstić information content (AvgIpc) is 3.54. The van der Waals surface area contributed by atoms with Gasteiger partial charge in [-0.25, -0.2) is 9.98 Å². The van der Waals surface area contributed by atoms with E-state index < -0.39 is 0 Å². The van der Waals surface area contributed by atoms with E-state index in [1.807, 2.05) is 9.80 Å². The normalized spacial score (nSPS) is 15.8. The summed E-state index contributed by atoms with van der Waals surface area (Å²) < 4.78 is 0. The summed E-state index contributed by atoms with van der Waals surface area (Å²) in [5, 5.41) is 1.55. The molecule has 2 aliphatic rings. The molecule has 0 unspecified atom stereocenters. The topological polar surface area (TPSA) is 65.3 Å². The van der Waals surface area contributed by atoms with E-state index in [0.29, 0.717) is 31.5 Å². The van der Waals surface area contributed by atoms with Crippen molar-refractivity contribution in [2.45, 2.75) is 25.7 Å². The largest absolute Gasteiger partial charge is 2.00 e.